The number of benzene rings is 1. The first kappa shape index (κ1) is 19.7. The molecule has 0 saturated heterocycles. The van der Waals surface area contributed by atoms with Crippen LogP contribution in [0.15, 0.2) is 30.5 Å². The van der Waals surface area contributed by atoms with E-state index in [9.17, 15) is 4.79 Å². The number of nitrogens with two attached hydrogens (primary N) is 1. The number of carbonyl (C=O) groups is 1. The predicted octanol–water partition coefficient (Wildman–Crippen LogP) is 5.01. The number of rotatable bonds is 8. The summed E-state index contributed by atoms with van der Waals surface area (Å²) in [5, 5.41) is 1.10. The van der Waals surface area contributed by atoms with Crippen LogP contribution in [0.1, 0.15) is 75.2 Å². The van der Waals surface area contributed by atoms with E-state index in [1.165, 1.54) is 24.0 Å². The molecule has 4 nitrogen and oxygen atoms in total. The lowest BCUT2D eigenvalue weighted by Crippen LogP contribution is -2.34. The first-order chi connectivity index (χ1) is 13.0. The van der Waals surface area contributed by atoms with Gasteiger partial charge in [0, 0.05) is 48.3 Å². The molecule has 0 unspecified atom stereocenters. The van der Waals surface area contributed by atoms with E-state index in [0.29, 0.717) is 12.5 Å². The van der Waals surface area contributed by atoms with E-state index >= 15 is 0 Å². The fraction of sp³-hybridized carbons (Fsp3) is 0.522. The zero-order chi connectivity index (χ0) is 19.4. The van der Waals surface area contributed by atoms with E-state index in [4.69, 9.17) is 5.84 Å². The van der Waals surface area contributed by atoms with Crippen molar-refractivity contribution < 1.29 is 4.79 Å². The van der Waals surface area contributed by atoms with Crippen LogP contribution in [0, 0.1) is 0 Å². The van der Waals surface area contributed by atoms with Gasteiger partial charge in [0.1, 0.15) is 0 Å². The molecule has 1 aliphatic rings. The van der Waals surface area contributed by atoms with Crippen molar-refractivity contribution in [3.05, 3.63) is 41.6 Å². The predicted molar refractivity (Wildman–Crippen MR) is 114 cm³/mol. The summed E-state index contributed by atoms with van der Waals surface area (Å²) in [5.74, 6) is 6.44. The van der Waals surface area contributed by atoms with Crippen molar-refractivity contribution in [1.29, 1.82) is 0 Å². The van der Waals surface area contributed by atoms with Crippen LogP contribution in [-0.4, -0.2) is 34.5 Å². The number of ketones is 1. The number of aromatic nitrogens is 1. The highest BCUT2D eigenvalue weighted by molar-refractivity contribution is 6.02. The zero-order valence-corrected chi connectivity index (χ0v) is 17.0. The summed E-state index contributed by atoms with van der Waals surface area (Å²) in [5.41, 5.74) is 4.32. The van der Waals surface area contributed by atoms with Crippen LogP contribution in [0.4, 0.5) is 0 Å². The van der Waals surface area contributed by atoms with Crippen LogP contribution < -0.4 is 5.84 Å². The largest absolute Gasteiger partial charge is 0.339 e. The summed E-state index contributed by atoms with van der Waals surface area (Å²) in [6.45, 7) is 8.71. The van der Waals surface area contributed by atoms with Crippen molar-refractivity contribution in [3.63, 3.8) is 0 Å². The number of nitrogen functional groups attached to an aromatic ring is 1. The lowest BCUT2D eigenvalue weighted by Gasteiger charge is -2.29. The van der Waals surface area contributed by atoms with Crippen molar-refractivity contribution in [2.24, 2.45) is 0 Å². The zero-order valence-electron chi connectivity index (χ0n) is 17.0. The van der Waals surface area contributed by atoms with Gasteiger partial charge in [-0.3, -0.25) is 14.4 Å². The molecule has 4 heteroatoms. The summed E-state index contributed by atoms with van der Waals surface area (Å²) >= 11 is 0. The van der Waals surface area contributed by atoms with Gasteiger partial charge in [-0.2, -0.15) is 0 Å². The fourth-order valence-corrected chi connectivity index (χ4v) is 3.94. The Morgan fingerprint density at radius 1 is 1.22 bits per heavy atom. The Balaban J connectivity index is 1.83. The maximum atomic E-state index is 12.6. The molecule has 0 bridgehead atoms. The average Bonchev–Trinajstić information content (AvgIpc) is 3.01. The first-order valence-corrected chi connectivity index (χ1v) is 10.4. The highest BCUT2D eigenvalue weighted by Gasteiger charge is 2.19. The SMILES string of the molecule is CCCCCCC(=O)c1ccc2c(c1)c(C1=CCN(C(C)C)CC1)cn2N. The third-order valence-electron chi connectivity index (χ3n) is 5.73. The van der Waals surface area contributed by atoms with Crippen molar-refractivity contribution >= 4 is 22.3 Å². The second-order valence-electron chi connectivity index (χ2n) is 7.98. The number of fused-ring (bicyclic) bond motifs is 1. The summed E-state index contributed by atoms with van der Waals surface area (Å²) in [6, 6.07) is 6.52. The molecule has 27 heavy (non-hydrogen) atoms. The lowest BCUT2D eigenvalue weighted by molar-refractivity contribution is 0.0979. The molecule has 0 radical (unpaired) electrons. The normalized spacial score (nSPS) is 15.5. The summed E-state index contributed by atoms with van der Waals surface area (Å²) in [6.07, 6.45) is 10.5. The highest BCUT2D eigenvalue weighted by Crippen LogP contribution is 2.31. The maximum absolute atomic E-state index is 12.6. The van der Waals surface area contributed by atoms with Gasteiger partial charge < -0.3 is 5.84 Å². The third kappa shape index (κ3) is 4.44. The van der Waals surface area contributed by atoms with E-state index in [-0.39, 0.29) is 5.78 Å². The van der Waals surface area contributed by atoms with Gasteiger partial charge in [-0.25, -0.2) is 0 Å². The molecule has 2 aromatic rings. The molecule has 0 atom stereocenters. The maximum Gasteiger partial charge on any atom is 0.162 e. The van der Waals surface area contributed by atoms with Crippen LogP contribution in [-0.2, 0) is 0 Å². The molecule has 1 aliphatic heterocycles. The minimum atomic E-state index is 0.243. The quantitative estimate of drug-likeness (QED) is 0.405. The monoisotopic (exact) mass is 367 g/mol. The minimum Gasteiger partial charge on any atom is -0.339 e. The van der Waals surface area contributed by atoms with Crippen LogP contribution in [0.2, 0.25) is 0 Å². The van der Waals surface area contributed by atoms with Gasteiger partial charge >= 0.3 is 0 Å². The van der Waals surface area contributed by atoms with Gasteiger partial charge in [0.15, 0.2) is 5.78 Å². The minimum absolute atomic E-state index is 0.243. The van der Waals surface area contributed by atoms with Gasteiger partial charge in [-0.1, -0.05) is 32.3 Å². The summed E-state index contributed by atoms with van der Waals surface area (Å²) < 4.78 is 1.69. The van der Waals surface area contributed by atoms with Crippen LogP contribution in [0.25, 0.3) is 16.5 Å². The van der Waals surface area contributed by atoms with E-state index in [1.54, 1.807) is 4.68 Å². The molecular formula is C23H33N3O. The van der Waals surface area contributed by atoms with E-state index in [0.717, 1.165) is 48.8 Å². The van der Waals surface area contributed by atoms with Crippen LogP contribution in [0.3, 0.4) is 0 Å². The Labute approximate surface area is 163 Å². The first-order valence-electron chi connectivity index (χ1n) is 10.4. The van der Waals surface area contributed by atoms with Crippen LogP contribution >= 0.6 is 0 Å². The summed E-state index contributed by atoms with van der Waals surface area (Å²) in [4.78, 5) is 15.1. The van der Waals surface area contributed by atoms with Crippen molar-refractivity contribution in [1.82, 2.24) is 9.58 Å². The van der Waals surface area contributed by atoms with E-state index in [2.05, 4.69) is 31.7 Å². The second kappa shape index (κ2) is 8.75. The number of hydrogen-bond acceptors (Lipinski definition) is 3. The average molecular weight is 368 g/mol. The number of carbonyl (C=O) groups excluding carboxylic acids is 1. The Kier molecular flexibility index (Phi) is 6.38. The molecule has 2 heterocycles. The topological polar surface area (TPSA) is 51.3 Å². The third-order valence-corrected chi connectivity index (χ3v) is 5.73. The molecule has 0 amide bonds. The molecular weight excluding hydrogens is 334 g/mol. The lowest BCUT2D eigenvalue weighted by atomic mass is 9.96. The van der Waals surface area contributed by atoms with Gasteiger partial charge in [0.25, 0.3) is 0 Å². The van der Waals surface area contributed by atoms with Crippen molar-refractivity contribution in [3.8, 4) is 0 Å². The van der Waals surface area contributed by atoms with Crippen molar-refractivity contribution in [2.75, 3.05) is 18.9 Å². The van der Waals surface area contributed by atoms with E-state index < -0.39 is 0 Å². The Bertz CT molecular complexity index is 832. The highest BCUT2D eigenvalue weighted by atomic mass is 16.1. The van der Waals surface area contributed by atoms with Crippen molar-refractivity contribution in [2.45, 2.75) is 65.3 Å². The fourth-order valence-electron chi connectivity index (χ4n) is 3.94. The molecule has 146 valence electrons. The molecule has 0 spiro atoms. The molecule has 1 aromatic carbocycles. The standard InChI is InChI=1S/C23H33N3O/c1-4-5-6-7-8-23(27)19-9-10-22-20(15-19)21(16-26(22)24)18-11-13-25(14-12-18)17(2)3/h9-11,15-17H,4-8,12-14,24H2,1-3H3. The number of unbranched alkanes of at least 4 members (excludes halogenated alkanes) is 3. The van der Waals surface area contributed by atoms with Gasteiger partial charge in [0.05, 0.1) is 5.52 Å². The molecule has 0 fully saturated rings. The molecule has 0 saturated carbocycles. The van der Waals surface area contributed by atoms with E-state index in [1.807, 2.05) is 24.4 Å². The molecule has 0 aliphatic carbocycles. The number of Topliss-reactive ketones (excluding diaryl/α,β-unsaturated/α-hetero) is 1. The molecule has 3 rings (SSSR count). The Morgan fingerprint density at radius 3 is 2.70 bits per heavy atom. The number of nitrogens with zero attached hydrogens (tertiary/aromatic N) is 2. The van der Waals surface area contributed by atoms with Gasteiger partial charge in [0.2, 0.25) is 0 Å². The number of hydrogen-bond donors (Lipinski definition) is 1. The van der Waals surface area contributed by atoms with Gasteiger partial charge in [-0.15, -0.1) is 0 Å². The van der Waals surface area contributed by atoms with Gasteiger partial charge in [-0.05, 0) is 50.5 Å². The summed E-state index contributed by atoms with van der Waals surface area (Å²) in [7, 11) is 0. The molecule has 2 N–H and O–H groups in total. The van der Waals surface area contributed by atoms with Crippen LogP contribution in [0.5, 0.6) is 0 Å². The Morgan fingerprint density at radius 2 is 2.04 bits per heavy atom. The molecule has 1 aromatic heterocycles. The smallest absolute Gasteiger partial charge is 0.162 e. The Hall–Kier alpha value is -2.07. The second-order valence-corrected chi connectivity index (χ2v) is 7.98.